The van der Waals surface area contributed by atoms with Gasteiger partial charge in [0.05, 0.1) is 6.20 Å². The van der Waals surface area contributed by atoms with Crippen molar-refractivity contribution in [3.63, 3.8) is 0 Å². The zero-order chi connectivity index (χ0) is 19.8. The Morgan fingerprint density at radius 3 is 2.68 bits per heavy atom. The standard InChI is InChI=1S/C21H17F2N3O2/c22-17-10-16(11-18(23)13-17)4-5-20(27)25-7-6-15-2-1-3-19(12-15)28-21-14-24-8-9-26-21/h1-5,8-14H,6-7H2,(H,25,27). The molecular formula is C21H17F2N3O2. The minimum Gasteiger partial charge on any atom is -0.437 e. The van der Waals surface area contributed by atoms with Gasteiger partial charge >= 0.3 is 0 Å². The fourth-order valence-electron chi connectivity index (χ4n) is 2.46. The van der Waals surface area contributed by atoms with Gasteiger partial charge in [-0.25, -0.2) is 13.8 Å². The maximum atomic E-state index is 13.1. The van der Waals surface area contributed by atoms with Crippen LogP contribution < -0.4 is 10.1 Å². The number of benzene rings is 2. The Kier molecular flexibility index (Phi) is 6.41. The van der Waals surface area contributed by atoms with Gasteiger partial charge < -0.3 is 10.1 Å². The zero-order valence-electron chi connectivity index (χ0n) is 14.8. The first-order chi connectivity index (χ1) is 13.6. The van der Waals surface area contributed by atoms with Crippen LogP contribution >= 0.6 is 0 Å². The molecule has 3 rings (SSSR count). The lowest BCUT2D eigenvalue weighted by Gasteiger charge is -2.07. The highest BCUT2D eigenvalue weighted by atomic mass is 19.1. The molecule has 0 saturated heterocycles. The van der Waals surface area contributed by atoms with Crippen LogP contribution in [-0.2, 0) is 11.2 Å². The first-order valence-corrected chi connectivity index (χ1v) is 8.53. The predicted molar refractivity (Wildman–Crippen MR) is 101 cm³/mol. The maximum Gasteiger partial charge on any atom is 0.244 e. The number of nitrogens with one attached hydrogen (secondary N) is 1. The second-order valence-corrected chi connectivity index (χ2v) is 5.87. The summed E-state index contributed by atoms with van der Waals surface area (Å²) in [7, 11) is 0. The molecule has 1 aromatic heterocycles. The van der Waals surface area contributed by atoms with Crippen LogP contribution in [0, 0.1) is 11.6 Å². The van der Waals surface area contributed by atoms with Gasteiger partial charge in [0.1, 0.15) is 17.4 Å². The number of rotatable bonds is 7. The van der Waals surface area contributed by atoms with Gasteiger partial charge in [0.15, 0.2) is 0 Å². The molecule has 0 radical (unpaired) electrons. The van der Waals surface area contributed by atoms with E-state index in [0.29, 0.717) is 24.6 Å². The zero-order valence-corrected chi connectivity index (χ0v) is 14.8. The quantitative estimate of drug-likeness (QED) is 0.630. The SMILES string of the molecule is O=C(C=Cc1cc(F)cc(F)c1)NCCc1cccc(Oc2cnccn2)c1. The third kappa shape index (κ3) is 5.98. The predicted octanol–water partition coefficient (Wildman–Crippen LogP) is 3.92. The van der Waals surface area contributed by atoms with E-state index in [1.165, 1.54) is 18.3 Å². The van der Waals surface area contributed by atoms with E-state index in [0.717, 1.165) is 23.8 Å². The summed E-state index contributed by atoms with van der Waals surface area (Å²) in [6, 6.07) is 10.5. The number of hydrogen-bond acceptors (Lipinski definition) is 4. The lowest BCUT2D eigenvalue weighted by atomic mass is 10.1. The average molecular weight is 381 g/mol. The molecule has 5 nitrogen and oxygen atoms in total. The summed E-state index contributed by atoms with van der Waals surface area (Å²) in [5.74, 6) is -0.715. The molecule has 7 heteroatoms. The van der Waals surface area contributed by atoms with Crippen molar-refractivity contribution in [2.45, 2.75) is 6.42 Å². The number of hydrogen-bond donors (Lipinski definition) is 1. The number of ether oxygens (including phenoxy) is 1. The van der Waals surface area contributed by atoms with Crippen molar-refractivity contribution in [1.29, 1.82) is 0 Å². The molecule has 1 amide bonds. The monoisotopic (exact) mass is 381 g/mol. The molecule has 0 aliphatic rings. The summed E-state index contributed by atoms with van der Waals surface area (Å²) in [5, 5.41) is 2.72. The average Bonchev–Trinajstić information content (AvgIpc) is 2.67. The lowest BCUT2D eigenvalue weighted by Crippen LogP contribution is -2.23. The van der Waals surface area contributed by atoms with Gasteiger partial charge in [-0.3, -0.25) is 9.78 Å². The summed E-state index contributed by atoms with van der Waals surface area (Å²) in [6.45, 7) is 0.398. The van der Waals surface area contributed by atoms with E-state index in [4.69, 9.17) is 4.74 Å². The molecule has 0 fully saturated rings. The number of amides is 1. The number of nitrogens with zero attached hydrogens (tertiary/aromatic N) is 2. The Morgan fingerprint density at radius 2 is 1.93 bits per heavy atom. The normalized spacial score (nSPS) is 10.8. The first kappa shape index (κ1) is 19.2. The van der Waals surface area contributed by atoms with Gasteiger partial charge in [-0.1, -0.05) is 12.1 Å². The minimum absolute atomic E-state index is 0.279. The summed E-state index contributed by atoms with van der Waals surface area (Å²) in [5.41, 5.74) is 1.25. The fourth-order valence-corrected chi connectivity index (χ4v) is 2.46. The van der Waals surface area contributed by atoms with Crippen molar-refractivity contribution in [3.8, 4) is 11.6 Å². The van der Waals surface area contributed by atoms with Crippen LogP contribution in [0.1, 0.15) is 11.1 Å². The number of carbonyl (C=O) groups is 1. The number of aromatic nitrogens is 2. The maximum absolute atomic E-state index is 13.1. The first-order valence-electron chi connectivity index (χ1n) is 8.53. The van der Waals surface area contributed by atoms with Crippen molar-refractivity contribution in [3.05, 3.63) is 89.9 Å². The smallest absolute Gasteiger partial charge is 0.244 e. The molecule has 142 valence electrons. The summed E-state index contributed by atoms with van der Waals surface area (Å²) >= 11 is 0. The van der Waals surface area contributed by atoms with Crippen LogP contribution in [0.2, 0.25) is 0 Å². The molecule has 0 aliphatic heterocycles. The molecule has 1 N–H and O–H groups in total. The molecule has 0 atom stereocenters. The van der Waals surface area contributed by atoms with E-state index in [1.807, 2.05) is 18.2 Å². The Bertz CT molecular complexity index is 958. The van der Waals surface area contributed by atoms with E-state index in [1.54, 1.807) is 18.5 Å². The Morgan fingerprint density at radius 1 is 1.11 bits per heavy atom. The van der Waals surface area contributed by atoms with Crippen molar-refractivity contribution in [2.24, 2.45) is 0 Å². The van der Waals surface area contributed by atoms with Crippen LogP contribution in [0.25, 0.3) is 6.08 Å². The highest BCUT2D eigenvalue weighted by Crippen LogP contribution is 2.19. The van der Waals surface area contributed by atoms with Crippen molar-refractivity contribution in [1.82, 2.24) is 15.3 Å². The van der Waals surface area contributed by atoms with Gasteiger partial charge in [0.25, 0.3) is 0 Å². The largest absolute Gasteiger partial charge is 0.437 e. The highest BCUT2D eigenvalue weighted by Gasteiger charge is 2.02. The molecular weight excluding hydrogens is 364 g/mol. The van der Waals surface area contributed by atoms with Crippen molar-refractivity contribution < 1.29 is 18.3 Å². The molecule has 0 bridgehead atoms. The van der Waals surface area contributed by atoms with Crippen molar-refractivity contribution >= 4 is 12.0 Å². The highest BCUT2D eigenvalue weighted by molar-refractivity contribution is 5.91. The third-order valence-corrected chi connectivity index (χ3v) is 3.69. The van der Waals surface area contributed by atoms with Crippen LogP contribution in [-0.4, -0.2) is 22.4 Å². The van der Waals surface area contributed by atoms with E-state index in [9.17, 15) is 13.6 Å². The number of carbonyl (C=O) groups excluding carboxylic acids is 1. The molecule has 28 heavy (non-hydrogen) atoms. The molecule has 0 aliphatic carbocycles. The summed E-state index contributed by atoms with van der Waals surface area (Å²) in [4.78, 5) is 19.8. The topological polar surface area (TPSA) is 64.1 Å². The van der Waals surface area contributed by atoms with Crippen LogP contribution in [0.5, 0.6) is 11.6 Å². The van der Waals surface area contributed by atoms with Gasteiger partial charge in [0.2, 0.25) is 11.8 Å². The van der Waals surface area contributed by atoms with Crippen LogP contribution in [0.3, 0.4) is 0 Å². The van der Waals surface area contributed by atoms with E-state index < -0.39 is 11.6 Å². The molecule has 0 unspecified atom stereocenters. The minimum atomic E-state index is -0.691. The Balaban J connectivity index is 1.50. The van der Waals surface area contributed by atoms with Gasteiger partial charge in [0, 0.05) is 31.1 Å². The molecule has 3 aromatic rings. The van der Waals surface area contributed by atoms with Crippen LogP contribution in [0.4, 0.5) is 8.78 Å². The fraction of sp³-hybridized carbons (Fsp3) is 0.0952. The van der Waals surface area contributed by atoms with Crippen molar-refractivity contribution in [2.75, 3.05) is 6.54 Å². The second kappa shape index (κ2) is 9.36. The molecule has 0 saturated carbocycles. The second-order valence-electron chi connectivity index (χ2n) is 5.87. The van der Waals surface area contributed by atoms with Crippen LogP contribution in [0.15, 0.2) is 67.1 Å². The van der Waals surface area contributed by atoms with Gasteiger partial charge in [-0.05, 0) is 47.9 Å². The third-order valence-electron chi connectivity index (χ3n) is 3.69. The molecule has 2 aromatic carbocycles. The Labute approximate surface area is 160 Å². The number of halogens is 2. The van der Waals surface area contributed by atoms with E-state index in [-0.39, 0.29) is 11.5 Å². The van der Waals surface area contributed by atoms with Gasteiger partial charge in [-0.2, -0.15) is 0 Å². The lowest BCUT2D eigenvalue weighted by molar-refractivity contribution is -0.116. The molecule has 1 heterocycles. The summed E-state index contributed by atoms with van der Waals surface area (Å²) < 4.78 is 31.9. The van der Waals surface area contributed by atoms with E-state index >= 15 is 0 Å². The summed E-state index contributed by atoms with van der Waals surface area (Å²) in [6.07, 6.45) is 7.81. The van der Waals surface area contributed by atoms with Gasteiger partial charge in [-0.15, -0.1) is 0 Å². The molecule has 0 spiro atoms. The van der Waals surface area contributed by atoms with E-state index in [2.05, 4.69) is 15.3 Å². The Hall–Kier alpha value is -3.61.